The molecule has 0 amide bonds. The van der Waals surface area contributed by atoms with E-state index in [-0.39, 0.29) is 19.3 Å². The summed E-state index contributed by atoms with van der Waals surface area (Å²) >= 11 is 0. The maximum atomic E-state index is 13.0. The molecular weight excluding hydrogens is 231 g/mol. The van der Waals surface area contributed by atoms with E-state index in [9.17, 15) is 18.0 Å². The van der Waals surface area contributed by atoms with Crippen LogP contribution in [0, 0.1) is 5.41 Å². The van der Waals surface area contributed by atoms with Crippen LogP contribution >= 0.6 is 0 Å². The summed E-state index contributed by atoms with van der Waals surface area (Å²) in [5.74, 6) is -0.798. The molecule has 1 unspecified atom stereocenters. The van der Waals surface area contributed by atoms with E-state index in [1.165, 1.54) is 12.4 Å². The van der Waals surface area contributed by atoms with E-state index >= 15 is 0 Å². The number of halogens is 3. The Morgan fingerprint density at radius 3 is 2.59 bits per heavy atom. The maximum absolute atomic E-state index is 13.0. The van der Waals surface area contributed by atoms with Crippen molar-refractivity contribution in [2.75, 3.05) is 0 Å². The van der Waals surface area contributed by atoms with E-state index in [0.29, 0.717) is 11.8 Å². The fraction of sp³-hybridized carbons (Fsp3) is 0.500. The molecule has 1 aliphatic rings. The fourth-order valence-electron chi connectivity index (χ4n) is 2.32. The molecule has 1 aromatic heterocycles. The van der Waals surface area contributed by atoms with Crippen LogP contribution in [0.25, 0.3) is 0 Å². The van der Waals surface area contributed by atoms with E-state index in [1.807, 2.05) is 0 Å². The molecule has 0 spiro atoms. The molecule has 0 N–H and O–H groups in total. The molecule has 1 atom stereocenters. The number of hydrogen-bond acceptors (Lipinski definition) is 2. The first-order chi connectivity index (χ1) is 8.01. The summed E-state index contributed by atoms with van der Waals surface area (Å²) in [6.45, 7) is 0. The second kappa shape index (κ2) is 4.13. The lowest BCUT2D eigenvalue weighted by atomic mass is 9.81. The highest BCUT2D eigenvalue weighted by atomic mass is 19.4. The predicted molar refractivity (Wildman–Crippen MR) is 55.4 cm³/mol. The van der Waals surface area contributed by atoms with Crippen LogP contribution in [0.4, 0.5) is 13.2 Å². The number of rotatable bonds is 4. The van der Waals surface area contributed by atoms with Gasteiger partial charge in [0.1, 0.15) is 6.29 Å². The molecule has 1 saturated carbocycles. The summed E-state index contributed by atoms with van der Waals surface area (Å²) in [5, 5.41) is 0. The Balaban J connectivity index is 2.34. The summed E-state index contributed by atoms with van der Waals surface area (Å²) in [6.07, 6.45) is -0.673. The lowest BCUT2D eigenvalue weighted by Gasteiger charge is -2.27. The monoisotopic (exact) mass is 243 g/mol. The highest BCUT2D eigenvalue weighted by molar-refractivity contribution is 5.52. The first-order valence-corrected chi connectivity index (χ1v) is 5.41. The molecule has 1 aliphatic carbocycles. The lowest BCUT2D eigenvalue weighted by molar-refractivity contribution is -0.194. The van der Waals surface area contributed by atoms with Crippen molar-refractivity contribution in [2.24, 2.45) is 5.41 Å². The molecule has 17 heavy (non-hydrogen) atoms. The molecule has 0 aliphatic heterocycles. The van der Waals surface area contributed by atoms with Gasteiger partial charge in [0.2, 0.25) is 0 Å². The summed E-state index contributed by atoms with van der Waals surface area (Å²) < 4.78 is 39.1. The molecule has 92 valence electrons. The third-order valence-corrected chi connectivity index (χ3v) is 3.44. The highest BCUT2D eigenvalue weighted by Gasteiger charge is 2.67. The smallest absolute Gasteiger partial charge is 0.303 e. The third kappa shape index (κ3) is 2.06. The van der Waals surface area contributed by atoms with Crippen molar-refractivity contribution in [2.45, 2.75) is 31.4 Å². The molecular formula is C12H12F3NO. The number of alkyl halides is 3. The quantitative estimate of drug-likeness (QED) is 0.760. The summed E-state index contributed by atoms with van der Waals surface area (Å²) in [7, 11) is 0. The van der Waals surface area contributed by atoms with Crippen LogP contribution in [-0.2, 0) is 4.79 Å². The Bertz CT molecular complexity index is 398. The van der Waals surface area contributed by atoms with Gasteiger partial charge in [-0.05, 0) is 24.5 Å². The van der Waals surface area contributed by atoms with Gasteiger partial charge < -0.3 is 4.79 Å². The molecule has 1 fully saturated rings. The second-order valence-electron chi connectivity index (χ2n) is 4.40. The minimum Gasteiger partial charge on any atom is -0.303 e. The normalized spacial score (nSPS) is 19.7. The number of aromatic nitrogens is 1. The number of carbonyl (C=O) groups is 1. The largest absolute Gasteiger partial charge is 0.395 e. The molecule has 1 aromatic rings. The van der Waals surface area contributed by atoms with E-state index in [0.717, 1.165) is 0 Å². The standard InChI is InChI=1S/C12H12F3NO/c13-12(14,15)11(4-5-11)10(3-7-17)9-2-1-6-16-8-9/h1-2,6-8,10H,3-5H2. The number of nitrogens with zero attached hydrogens (tertiary/aromatic N) is 1. The number of carbonyl (C=O) groups excluding carboxylic acids is 1. The molecule has 0 bridgehead atoms. The molecule has 1 heterocycles. The highest BCUT2D eigenvalue weighted by Crippen LogP contribution is 2.65. The van der Waals surface area contributed by atoms with Crippen LogP contribution in [-0.4, -0.2) is 17.4 Å². The van der Waals surface area contributed by atoms with Crippen molar-refractivity contribution < 1.29 is 18.0 Å². The van der Waals surface area contributed by atoms with Gasteiger partial charge >= 0.3 is 6.18 Å². The van der Waals surface area contributed by atoms with Gasteiger partial charge in [0.25, 0.3) is 0 Å². The van der Waals surface area contributed by atoms with E-state index in [1.54, 1.807) is 12.1 Å². The molecule has 0 radical (unpaired) electrons. The van der Waals surface area contributed by atoms with Gasteiger partial charge in [-0.15, -0.1) is 0 Å². The maximum Gasteiger partial charge on any atom is 0.395 e. The minimum atomic E-state index is -4.25. The van der Waals surface area contributed by atoms with E-state index in [2.05, 4.69) is 4.98 Å². The van der Waals surface area contributed by atoms with Crippen LogP contribution in [0.1, 0.15) is 30.7 Å². The first-order valence-electron chi connectivity index (χ1n) is 5.41. The third-order valence-electron chi connectivity index (χ3n) is 3.44. The zero-order valence-electron chi connectivity index (χ0n) is 9.07. The number of hydrogen-bond donors (Lipinski definition) is 0. The van der Waals surface area contributed by atoms with Crippen LogP contribution in [0.15, 0.2) is 24.5 Å². The Hall–Kier alpha value is -1.39. The van der Waals surface area contributed by atoms with Gasteiger partial charge in [-0.3, -0.25) is 4.98 Å². The van der Waals surface area contributed by atoms with Gasteiger partial charge in [-0.1, -0.05) is 6.07 Å². The summed E-state index contributed by atoms with van der Waals surface area (Å²) in [5.41, 5.74) is -1.22. The Labute approximate surface area is 96.9 Å². The van der Waals surface area contributed by atoms with Crippen LogP contribution in [0.2, 0.25) is 0 Å². The lowest BCUT2D eigenvalue weighted by Crippen LogP contribution is -2.31. The van der Waals surface area contributed by atoms with Gasteiger partial charge in [-0.25, -0.2) is 0 Å². The van der Waals surface area contributed by atoms with Crippen molar-refractivity contribution in [1.29, 1.82) is 0 Å². The van der Waals surface area contributed by atoms with Crippen molar-refractivity contribution in [3.8, 4) is 0 Å². The minimum absolute atomic E-state index is 0.101. The molecule has 0 aromatic carbocycles. The number of pyridine rings is 1. The summed E-state index contributed by atoms with van der Waals surface area (Å²) in [4.78, 5) is 14.4. The van der Waals surface area contributed by atoms with Gasteiger partial charge in [0.15, 0.2) is 0 Å². The van der Waals surface area contributed by atoms with Crippen molar-refractivity contribution in [3.05, 3.63) is 30.1 Å². The number of aldehydes is 1. The zero-order valence-corrected chi connectivity index (χ0v) is 9.07. The second-order valence-corrected chi connectivity index (χ2v) is 4.40. The van der Waals surface area contributed by atoms with Gasteiger partial charge in [0.05, 0.1) is 5.41 Å². The van der Waals surface area contributed by atoms with Crippen LogP contribution < -0.4 is 0 Å². The molecule has 2 nitrogen and oxygen atoms in total. The van der Waals surface area contributed by atoms with Crippen LogP contribution in [0.3, 0.4) is 0 Å². The molecule has 5 heteroatoms. The molecule has 2 rings (SSSR count). The predicted octanol–water partition coefficient (Wildman–Crippen LogP) is 3.10. The zero-order chi connectivity index (χ0) is 12.5. The van der Waals surface area contributed by atoms with E-state index < -0.39 is 17.5 Å². The van der Waals surface area contributed by atoms with Gasteiger partial charge in [-0.2, -0.15) is 13.2 Å². The average Bonchev–Trinajstić information content (AvgIpc) is 3.07. The Morgan fingerprint density at radius 2 is 2.18 bits per heavy atom. The van der Waals surface area contributed by atoms with E-state index in [4.69, 9.17) is 0 Å². The fourth-order valence-corrected chi connectivity index (χ4v) is 2.32. The van der Waals surface area contributed by atoms with Crippen molar-refractivity contribution in [1.82, 2.24) is 4.98 Å². The average molecular weight is 243 g/mol. The first kappa shape index (κ1) is 12.1. The Kier molecular flexibility index (Phi) is 2.93. The molecule has 0 saturated heterocycles. The summed E-state index contributed by atoms with van der Waals surface area (Å²) in [6, 6.07) is 3.20. The van der Waals surface area contributed by atoms with Crippen molar-refractivity contribution >= 4 is 6.29 Å². The Morgan fingerprint density at radius 1 is 1.47 bits per heavy atom. The van der Waals surface area contributed by atoms with Gasteiger partial charge in [0, 0.05) is 24.7 Å². The van der Waals surface area contributed by atoms with Crippen molar-refractivity contribution in [3.63, 3.8) is 0 Å². The SMILES string of the molecule is O=CCC(c1cccnc1)C1(C(F)(F)F)CC1. The van der Waals surface area contributed by atoms with Crippen LogP contribution in [0.5, 0.6) is 0 Å². The topological polar surface area (TPSA) is 30.0 Å².